The van der Waals surface area contributed by atoms with Gasteiger partial charge < -0.3 is 14.6 Å². The molecule has 1 heterocycles. The summed E-state index contributed by atoms with van der Waals surface area (Å²) in [5.74, 6) is -0.420. The molecule has 0 aliphatic heterocycles. The molecule has 3 aromatic rings. The number of amides is 1. The number of fused-ring (bicyclic) bond motifs is 1. The van der Waals surface area contributed by atoms with Crippen LogP contribution in [-0.2, 0) is 28.6 Å². The fraction of sp³-hybridized carbons (Fsp3) is 0.562. The number of nitrogens with one attached hydrogen (secondary N) is 1. The van der Waals surface area contributed by atoms with Crippen molar-refractivity contribution in [1.82, 2.24) is 9.88 Å². The Morgan fingerprint density at radius 1 is 1.07 bits per heavy atom. The van der Waals surface area contributed by atoms with E-state index in [-0.39, 0.29) is 27.4 Å². The number of phenolic OH excluding ortho intramolecular Hbond substituents is 1. The van der Waals surface area contributed by atoms with Gasteiger partial charge in [-0.05, 0) is 48.1 Å². The third-order valence-corrected chi connectivity index (χ3v) is 9.05. The number of nitrogens with zero attached hydrogens (tertiary/aromatic N) is 2. The fourth-order valence-corrected chi connectivity index (χ4v) is 6.27. The molecule has 0 aliphatic rings. The quantitative estimate of drug-likeness (QED) is 0.142. The first-order valence-electron chi connectivity index (χ1n) is 14.9. The Balaban J connectivity index is 1.89. The van der Waals surface area contributed by atoms with Gasteiger partial charge in [-0.25, -0.2) is 4.98 Å². The summed E-state index contributed by atoms with van der Waals surface area (Å²) >= 11 is 7.31. The van der Waals surface area contributed by atoms with Crippen molar-refractivity contribution in [2.24, 2.45) is 11.8 Å². The number of carbonyl (C=O) groups is 1. The van der Waals surface area contributed by atoms with Crippen LogP contribution in [0.2, 0.25) is 5.02 Å². The summed E-state index contributed by atoms with van der Waals surface area (Å²) in [7, 11) is 3.19. The number of alkyl halides is 3. The van der Waals surface area contributed by atoms with Crippen molar-refractivity contribution in [2.45, 2.75) is 65.6 Å². The Morgan fingerprint density at radius 2 is 1.75 bits per heavy atom. The van der Waals surface area contributed by atoms with E-state index in [1.807, 2.05) is 4.90 Å². The third kappa shape index (κ3) is 10.0. The first-order chi connectivity index (χ1) is 20.9. The normalized spacial score (nSPS) is 13.5. The van der Waals surface area contributed by atoms with Gasteiger partial charge in [0.05, 0.1) is 34.6 Å². The average molecular weight is 658 g/mol. The van der Waals surface area contributed by atoms with Gasteiger partial charge in [-0.15, -0.1) is 0 Å². The lowest BCUT2D eigenvalue weighted by Crippen LogP contribution is -2.30. The molecule has 0 saturated carbocycles. The molecule has 0 saturated heterocycles. The first-order valence-corrected chi connectivity index (χ1v) is 16.1. The van der Waals surface area contributed by atoms with Gasteiger partial charge >= 0.3 is 6.18 Å². The number of anilines is 1. The van der Waals surface area contributed by atoms with E-state index in [0.717, 1.165) is 43.1 Å². The Hall–Kier alpha value is -2.44. The third-order valence-electron chi connectivity index (χ3n) is 7.91. The highest BCUT2D eigenvalue weighted by Gasteiger charge is 2.32. The summed E-state index contributed by atoms with van der Waals surface area (Å²) in [6.07, 6.45) is 0.254. The molecule has 3 rings (SSSR count). The Labute approximate surface area is 266 Å². The Bertz CT molecular complexity index is 1380. The second-order valence-electron chi connectivity index (χ2n) is 11.3. The molecule has 12 heteroatoms. The van der Waals surface area contributed by atoms with Gasteiger partial charge in [-0.2, -0.15) is 13.2 Å². The lowest BCUT2D eigenvalue weighted by Gasteiger charge is -2.22. The molecule has 1 amide bonds. The van der Waals surface area contributed by atoms with E-state index in [1.165, 1.54) is 12.1 Å². The second-order valence-corrected chi connectivity index (χ2v) is 12.8. The zero-order valence-electron chi connectivity index (χ0n) is 26.0. The van der Waals surface area contributed by atoms with Crippen molar-refractivity contribution in [3.8, 4) is 5.75 Å². The zero-order chi connectivity index (χ0) is 32.4. The van der Waals surface area contributed by atoms with Crippen LogP contribution in [0.3, 0.4) is 0 Å². The minimum atomic E-state index is -4.52. The predicted molar refractivity (Wildman–Crippen MR) is 171 cm³/mol. The van der Waals surface area contributed by atoms with Crippen LogP contribution in [0.5, 0.6) is 5.75 Å². The van der Waals surface area contributed by atoms with Gasteiger partial charge in [-0.3, -0.25) is 15.0 Å². The summed E-state index contributed by atoms with van der Waals surface area (Å²) in [5, 5.41) is 14.1. The van der Waals surface area contributed by atoms with E-state index in [1.54, 1.807) is 20.3 Å². The topological polar surface area (TPSA) is 83.9 Å². The highest BCUT2D eigenvalue weighted by Crippen LogP contribution is 2.38. The molecule has 2 unspecified atom stereocenters. The van der Waals surface area contributed by atoms with Crippen LogP contribution in [0.15, 0.2) is 24.3 Å². The van der Waals surface area contributed by atoms with Crippen LogP contribution in [0.4, 0.5) is 18.3 Å². The summed E-state index contributed by atoms with van der Waals surface area (Å²) in [6, 6.07) is 5.20. The molecule has 0 aliphatic carbocycles. The largest absolute Gasteiger partial charge is 0.507 e. The van der Waals surface area contributed by atoms with Crippen molar-refractivity contribution >= 4 is 44.2 Å². The van der Waals surface area contributed by atoms with Crippen LogP contribution in [-0.4, -0.2) is 61.4 Å². The fourth-order valence-electron chi connectivity index (χ4n) is 5.09. The maximum absolute atomic E-state index is 13.8. The predicted octanol–water partition coefficient (Wildman–Crippen LogP) is 8.42. The van der Waals surface area contributed by atoms with Crippen LogP contribution in [0.1, 0.15) is 73.5 Å². The summed E-state index contributed by atoms with van der Waals surface area (Å²) in [6.45, 7) is 8.69. The van der Waals surface area contributed by atoms with Gasteiger partial charge in [0, 0.05) is 44.4 Å². The highest BCUT2D eigenvalue weighted by atomic mass is 35.5. The summed E-state index contributed by atoms with van der Waals surface area (Å²) in [4.78, 5) is 19.9. The smallest absolute Gasteiger partial charge is 0.416 e. The van der Waals surface area contributed by atoms with Crippen molar-refractivity contribution < 1.29 is 32.5 Å². The van der Waals surface area contributed by atoms with Crippen LogP contribution >= 0.6 is 22.9 Å². The number of carbonyl (C=O) groups excluding carboxylic acids is 1. The van der Waals surface area contributed by atoms with Gasteiger partial charge in [0.15, 0.2) is 5.13 Å². The maximum atomic E-state index is 13.8. The van der Waals surface area contributed by atoms with E-state index in [2.05, 4.69) is 31.1 Å². The number of methoxy groups -OCH3 is 2. The molecule has 1 aromatic heterocycles. The van der Waals surface area contributed by atoms with Gasteiger partial charge in [0.25, 0.3) is 5.91 Å². The number of aromatic nitrogens is 1. The molecule has 244 valence electrons. The van der Waals surface area contributed by atoms with E-state index in [9.17, 15) is 23.1 Å². The zero-order valence-corrected chi connectivity index (χ0v) is 27.6. The molecule has 0 bridgehead atoms. The average Bonchev–Trinajstić information content (AvgIpc) is 3.38. The van der Waals surface area contributed by atoms with Crippen LogP contribution < -0.4 is 5.32 Å². The minimum Gasteiger partial charge on any atom is -0.507 e. The van der Waals surface area contributed by atoms with E-state index < -0.39 is 17.6 Å². The van der Waals surface area contributed by atoms with Gasteiger partial charge in [-0.1, -0.05) is 69.4 Å². The Kier molecular flexibility index (Phi) is 13.7. The molecule has 2 N–H and O–H groups in total. The number of ether oxygens (including phenoxy) is 2. The maximum Gasteiger partial charge on any atom is 0.416 e. The molecular weight excluding hydrogens is 615 g/mol. The van der Waals surface area contributed by atoms with Crippen molar-refractivity contribution in [3.05, 3.63) is 51.5 Å². The monoisotopic (exact) mass is 657 g/mol. The lowest BCUT2D eigenvalue weighted by atomic mass is 9.85. The number of thiazole rings is 1. The molecule has 2 atom stereocenters. The number of hydrogen-bond acceptors (Lipinski definition) is 7. The molecule has 7 nitrogen and oxygen atoms in total. The van der Waals surface area contributed by atoms with Crippen molar-refractivity contribution in [1.29, 1.82) is 0 Å². The summed E-state index contributed by atoms with van der Waals surface area (Å²) < 4.78 is 52.2. The SMILES string of the molecule is CCCCCC(C)C(C)Cc1cc(C(F)(F)F)cc2sc(NC(=O)c3cc(Cl)cc(CN(CCOC)CCOC)c3O)nc12. The van der Waals surface area contributed by atoms with Crippen LogP contribution in [0.25, 0.3) is 10.2 Å². The van der Waals surface area contributed by atoms with Crippen LogP contribution in [0, 0.1) is 11.8 Å². The molecule has 0 spiro atoms. The molecule has 0 radical (unpaired) electrons. The van der Waals surface area contributed by atoms with Gasteiger partial charge in [0.1, 0.15) is 5.75 Å². The summed E-state index contributed by atoms with van der Waals surface area (Å²) in [5.41, 5.74) is 0.584. The number of unbranched alkanes of at least 4 members (excludes halogenated alkanes) is 2. The van der Waals surface area contributed by atoms with E-state index in [4.69, 9.17) is 21.1 Å². The van der Waals surface area contributed by atoms with E-state index in [0.29, 0.717) is 66.5 Å². The number of aromatic hydroxyl groups is 1. The van der Waals surface area contributed by atoms with Gasteiger partial charge in [0.2, 0.25) is 0 Å². The number of benzene rings is 2. The minimum absolute atomic E-state index is 0.0593. The number of rotatable bonds is 17. The molecule has 2 aromatic carbocycles. The first kappa shape index (κ1) is 36.0. The highest BCUT2D eigenvalue weighted by molar-refractivity contribution is 7.22. The second kappa shape index (κ2) is 16.7. The number of halogens is 4. The van der Waals surface area contributed by atoms with E-state index >= 15 is 0 Å². The lowest BCUT2D eigenvalue weighted by molar-refractivity contribution is -0.137. The molecule has 0 fully saturated rings. The Morgan fingerprint density at radius 3 is 2.36 bits per heavy atom. The molecule has 44 heavy (non-hydrogen) atoms. The number of hydrogen-bond donors (Lipinski definition) is 2. The standard InChI is InChI=1S/C32H43ClF3N3O4S/c1-6-7-8-9-20(2)21(3)14-22-15-24(32(34,35)36)17-27-28(22)37-31(44-27)38-30(41)26-18-25(33)16-23(29(26)40)19-39(10-12-42-4)11-13-43-5/h15-18,20-21,40H,6-14,19H2,1-5H3,(H,37,38,41). The van der Waals surface area contributed by atoms with Crippen molar-refractivity contribution in [3.63, 3.8) is 0 Å². The van der Waals surface area contributed by atoms with Crippen molar-refractivity contribution in [2.75, 3.05) is 45.8 Å². The number of phenols is 1. The molecular formula is C32H43ClF3N3O4S.